The van der Waals surface area contributed by atoms with Gasteiger partial charge in [-0.05, 0) is 14.1 Å². The van der Waals surface area contributed by atoms with Crippen molar-refractivity contribution in [2.75, 3.05) is 102 Å². The zero-order valence-corrected chi connectivity index (χ0v) is 21.1. The van der Waals surface area contributed by atoms with E-state index in [9.17, 15) is 9.59 Å². The molecule has 0 saturated carbocycles. The Morgan fingerprint density at radius 2 is 0.917 bits per heavy atom. The van der Waals surface area contributed by atoms with Crippen molar-refractivity contribution in [2.24, 2.45) is 0 Å². The molecule has 2 aromatic heterocycles. The molecule has 2 aromatic rings. The Balaban J connectivity index is 1.20. The molecule has 192 valence electrons. The molecule has 0 spiro atoms. The predicted octanol–water partition coefficient (Wildman–Crippen LogP) is -0.632. The van der Waals surface area contributed by atoms with Crippen LogP contribution in [0.1, 0.15) is 21.0 Å². The van der Waals surface area contributed by atoms with Crippen molar-refractivity contribution in [1.29, 1.82) is 0 Å². The zero-order valence-electron chi connectivity index (χ0n) is 21.1. The van der Waals surface area contributed by atoms with Crippen molar-refractivity contribution in [3.8, 4) is 0 Å². The van der Waals surface area contributed by atoms with E-state index >= 15 is 0 Å². The topological polar surface area (TPSA) is 105 Å². The molecule has 0 N–H and O–H groups in total. The number of hydrogen-bond donors (Lipinski definition) is 0. The Morgan fingerprint density at radius 3 is 1.28 bits per heavy atom. The van der Waals surface area contributed by atoms with Gasteiger partial charge in [-0.3, -0.25) is 19.6 Å². The van der Waals surface area contributed by atoms with Gasteiger partial charge in [0.05, 0.1) is 24.8 Å². The van der Waals surface area contributed by atoms with Gasteiger partial charge in [-0.1, -0.05) is 0 Å². The summed E-state index contributed by atoms with van der Waals surface area (Å²) in [6.45, 7) is 9.12. The van der Waals surface area contributed by atoms with Gasteiger partial charge in [0.2, 0.25) is 0 Å². The normalized spacial score (nSPS) is 20.1. The van der Waals surface area contributed by atoms with Crippen LogP contribution >= 0.6 is 0 Å². The monoisotopic (exact) mass is 494 g/mol. The number of piperazine rings is 3. The molecule has 12 nitrogen and oxygen atoms in total. The van der Waals surface area contributed by atoms with Crippen LogP contribution in [0.3, 0.4) is 0 Å². The standard InChI is InChI=1S/C24H34N10O2/c1-29-3-7-33(8-4-29)23(35)19-15-25-17-21(27-19)31-11-13-32(14-12-31)22-18-26-16-20(28-22)24(36)34-9-5-30(2)6-10-34/h15-18H,3-14H2,1-2H3. The van der Waals surface area contributed by atoms with Gasteiger partial charge in [0, 0.05) is 78.5 Å². The minimum atomic E-state index is -0.0619. The molecular formula is C24H34N10O2. The molecule has 0 atom stereocenters. The second-order valence-corrected chi connectivity index (χ2v) is 9.69. The maximum Gasteiger partial charge on any atom is 0.274 e. The molecule has 3 aliphatic heterocycles. The van der Waals surface area contributed by atoms with Crippen LogP contribution in [0.25, 0.3) is 0 Å². The molecule has 0 bridgehead atoms. The summed E-state index contributed by atoms with van der Waals surface area (Å²) in [6.07, 6.45) is 6.54. The number of hydrogen-bond acceptors (Lipinski definition) is 10. The molecule has 5 heterocycles. The third-order valence-electron chi connectivity index (χ3n) is 7.19. The quantitative estimate of drug-likeness (QED) is 0.545. The number of anilines is 2. The minimum Gasteiger partial charge on any atom is -0.352 e. The number of amides is 2. The van der Waals surface area contributed by atoms with Crippen LogP contribution < -0.4 is 9.80 Å². The predicted molar refractivity (Wildman–Crippen MR) is 135 cm³/mol. The van der Waals surface area contributed by atoms with Gasteiger partial charge in [0.15, 0.2) is 0 Å². The van der Waals surface area contributed by atoms with Crippen LogP contribution in [0.5, 0.6) is 0 Å². The molecule has 36 heavy (non-hydrogen) atoms. The molecule has 3 saturated heterocycles. The fraction of sp³-hybridized carbons (Fsp3) is 0.583. The summed E-state index contributed by atoms with van der Waals surface area (Å²) >= 11 is 0. The Bertz CT molecular complexity index is 989. The van der Waals surface area contributed by atoms with Gasteiger partial charge in [0.1, 0.15) is 23.0 Å². The Morgan fingerprint density at radius 1 is 0.556 bits per heavy atom. The summed E-state index contributed by atoms with van der Waals surface area (Å²) in [7, 11) is 4.13. The smallest absolute Gasteiger partial charge is 0.274 e. The highest BCUT2D eigenvalue weighted by atomic mass is 16.2. The minimum absolute atomic E-state index is 0.0619. The van der Waals surface area contributed by atoms with Gasteiger partial charge in [-0.2, -0.15) is 0 Å². The molecule has 0 unspecified atom stereocenters. The first-order chi connectivity index (χ1) is 17.5. The lowest BCUT2D eigenvalue weighted by Crippen LogP contribution is -2.48. The number of nitrogens with zero attached hydrogens (tertiary/aromatic N) is 10. The fourth-order valence-corrected chi connectivity index (χ4v) is 4.73. The second-order valence-electron chi connectivity index (χ2n) is 9.69. The highest BCUT2D eigenvalue weighted by Crippen LogP contribution is 2.18. The van der Waals surface area contributed by atoms with E-state index in [2.05, 4.69) is 53.6 Å². The Kier molecular flexibility index (Phi) is 7.23. The SMILES string of the molecule is CN1CCN(C(=O)c2cncc(N3CCN(c4cncc(C(=O)N5CCN(C)CC5)n4)CC3)n2)CC1. The summed E-state index contributed by atoms with van der Waals surface area (Å²) in [4.78, 5) is 56.1. The third kappa shape index (κ3) is 5.39. The average Bonchev–Trinajstić information content (AvgIpc) is 2.93. The molecular weight excluding hydrogens is 460 g/mol. The molecule has 0 radical (unpaired) electrons. The van der Waals surface area contributed by atoms with E-state index in [0.717, 1.165) is 26.2 Å². The van der Waals surface area contributed by atoms with Crippen LogP contribution in [0.15, 0.2) is 24.8 Å². The lowest BCUT2D eigenvalue weighted by Gasteiger charge is -2.36. The summed E-state index contributed by atoms with van der Waals surface area (Å²) in [6, 6.07) is 0. The highest BCUT2D eigenvalue weighted by Gasteiger charge is 2.26. The van der Waals surface area contributed by atoms with Gasteiger partial charge < -0.3 is 29.4 Å². The maximum atomic E-state index is 12.9. The zero-order chi connectivity index (χ0) is 25.1. The number of aromatic nitrogens is 4. The first-order valence-corrected chi connectivity index (χ1v) is 12.6. The first-order valence-electron chi connectivity index (χ1n) is 12.6. The summed E-state index contributed by atoms with van der Waals surface area (Å²) in [5.74, 6) is 1.29. The molecule has 3 aliphatic rings. The van der Waals surface area contributed by atoms with Crippen molar-refractivity contribution in [1.82, 2.24) is 39.5 Å². The van der Waals surface area contributed by atoms with E-state index in [1.54, 1.807) is 24.8 Å². The molecule has 0 aliphatic carbocycles. The van der Waals surface area contributed by atoms with E-state index < -0.39 is 0 Å². The fourth-order valence-electron chi connectivity index (χ4n) is 4.73. The van der Waals surface area contributed by atoms with Gasteiger partial charge in [-0.25, -0.2) is 9.97 Å². The van der Waals surface area contributed by atoms with Crippen molar-refractivity contribution in [3.05, 3.63) is 36.2 Å². The van der Waals surface area contributed by atoms with E-state index in [1.165, 1.54) is 0 Å². The lowest BCUT2D eigenvalue weighted by molar-refractivity contribution is 0.0651. The van der Waals surface area contributed by atoms with Crippen LogP contribution in [0.4, 0.5) is 11.6 Å². The van der Waals surface area contributed by atoms with Gasteiger partial charge >= 0.3 is 0 Å². The molecule has 2 amide bonds. The molecule has 12 heteroatoms. The molecule has 3 fully saturated rings. The van der Waals surface area contributed by atoms with Gasteiger partial charge in [-0.15, -0.1) is 0 Å². The van der Waals surface area contributed by atoms with Crippen molar-refractivity contribution in [3.63, 3.8) is 0 Å². The Labute approximate surface area is 211 Å². The van der Waals surface area contributed by atoms with E-state index in [1.807, 2.05) is 9.80 Å². The van der Waals surface area contributed by atoms with E-state index in [4.69, 9.17) is 0 Å². The summed E-state index contributed by atoms with van der Waals surface area (Å²) < 4.78 is 0. The molecule has 5 rings (SSSR count). The first kappa shape index (κ1) is 24.3. The largest absolute Gasteiger partial charge is 0.352 e. The van der Waals surface area contributed by atoms with Gasteiger partial charge in [0.25, 0.3) is 11.8 Å². The van der Waals surface area contributed by atoms with Crippen LogP contribution in [0.2, 0.25) is 0 Å². The van der Waals surface area contributed by atoms with E-state index in [0.29, 0.717) is 75.4 Å². The maximum absolute atomic E-state index is 12.9. The lowest BCUT2D eigenvalue weighted by atomic mass is 10.2. The Hall–Kier alpha value is -3.38. The third-order valence-corrected chi connectivity index (χ3v) is 7.19. The number of likely N-dealkylation sites (N-methyl/N-ethyl adjacent to an activating group) is 2. The van der Waals surface area contributed by atoms with Crippen molar-refractivity contribution >= 4 is 23.5 Å². The summed E-state index contributed by atoms with van der Waals surface area (Å²) in [5, 5.41) is 0. The number of carbonyl (C=O) groups is 2. The van der Waals surface area contributed by atoms with Crippen molar-refractivity contribution < 1.29 is 9.59 Å². The second kappa shape index (κ2) is 10.7. The summed E-state index contributed by atoms with van der Waals surface area (Å²) in [5.41, 5.74) is 0.779. The number of rotatable bonds is 4. The van der Waals surface area contributed by atoms with Crippen LogP contribution in [-0.2, 0) is 0 Å². The molecule has 0 aromatic carbocycles. The number of carbonyl (C=O) groups excluding carboxylic acids is 2. The van der Waals surface area contributed by atoms with Crippen LogP contribution in [-0.4, -0.2) is 144 Å². The van der Waals surface area contributed by atoms with Crippen LogP contribution in [0, 0.1) is 0 Å². The van der Waals surface area contributed by atoms with E-state index in [-0.39, 0.29) is 11.8 Å². The average molecular weight is 495 g/mol. The van der Waals surface area contributed by atoms with Crippen molar-refractivity contribution in [2.45, 2.75) is 0 Å². The highest BCUT2D eigenvalue weighted by molar-refractivity contribution is 5.93.